The van der Waals surface area contributed by atoms with Crippen LogP contribution >= 0.6 is 0 Å². The van der Waals surface area contributed by atoms with Gasteiger partial charge in [-0.25, -0.2) is 0 Å². The molecule has 0 heterocycles. The Morgan fingerprint density at radius 2 is 1.96 bits per heavy atom. The zero-order valence-corrected chi connectivity index (χ0v) is 13.5. The zero-order valence-electron chi connectivity index (χ0n) is 13.5. The van der Waals surface area contributed by atoms with Crippen molar-refractivity contribution in [1.82, 2.24) is 5.32 Å². The molecule has 2 aromatic rings. The summed E-state index contributed by atoms with van der Waals surface area (Å²) in [6.45, 7) is 2.57. The number of hydrogen-bond acceptors (Lipinski definition) is 2. The molecular formula is C20H23NO2. The van der Waals surface area contributed by atoms with Gasteiger partial charge in [0, 0.05) is 12.1 Å². The van der Waals surface area contributed by atoms with Gasteiger partial charge in [0.25, 0.3) is 5.91 Å². The molecule has 3 rings (SSSR count). The highest BCUT2D eigenvalue weighted by atomic mass is 16.3. The normalized spacial score (nSPS) is 13.3. The Hall–Kier alpha value is -2.13. The van der Waals surface area contributed by atoms with E-state index in [1.54, 1.807) is 0 Å². The van der Waals surface area contributed by atoms with Gasteiger partial charge in [-0.15, -0.1) is 0 Å². The first kappa shape index (κ1) is 15.8. The van der Waals surface area contributed by atoms with Crippen LogP contribution in [0.25, 0.3) is 11.1 Å². The van der Waals surface area contributed by atoms with Crippen molar-refractivity contribution in [3.8, 4) is 11.1 Å². The zero-order chi connectivity index (χ0) is 16.2. The van der Waals surface area contributed by atoms with Crippen LogP contribution in [0.15, 0.2) is 42.5 Å². The van der Waals surface area contributed by atoms with Crippen LogP contribution in [0, 0.1) is 0 Å². The summed E-state index contributed by atoms with van der Waals surface area (Å²) < 4.78 is 0. The van der Waals surface area contributed by atoms with Gasteiger partial charge in [0.1, 0.15) is 0 Å². The minimum atomic E-state index is -0.259. The van der Waals surface area contributed by atoms with E-state index in [1.165, 1.54) is 22.3 Å². The molecule has 0 saturated carbocycles. The molecule has 23 heavy (non-hydrogen) atoms. The molecule has 1 atom stereocenters. The van der Waals surface area contributed by atoms with Gasteiger partial charge < -0.3 is 10.4 Å². The molecule has 1 amide bonds. The Bertz CT molecular complexity index is 709. The number of benzene rings is 2. The maximum atomic E-state index is 12.3. The minimum Gasteiger partial charge on any atom is -0.393 e. The molecule has 0 aliphatic heterocycles. The standard InChI is InChI=1S/C20H23NO2/c1-2-17(22)7-5-11-21-20(23)15-9-10-19-16(13-15)12-14-6-3-4-8-18(14)19/h3-4,6,8-10,13,17,22H,2,5,7,11-12H2,1H3,(H,21,23). The number of carbonyl (C=O) groups is 1. The van der Waals surface area contributed by atoms with Crippen LogP contribution < -0.4 is 5.32 Å². The quantitative estimate of drug-likeness (QED) is 0.684. The number of nitrogens with one attached hydrogen (secondary N) is 1. The highest BCUT2D eigenvalue weighted by Gasteiger charge is 2.19. The van der Waals surface area contributed by atoms with Gasteiger partial charge in [0.2, 0.25) is 0 Å². The van der Waals surface area contributed by atoms with E-state index in [2.05, 4.69) is 35.6 Å². The maximum Gasteiger partial charge on any atom is 0.251 e. The van der Waals surface area contributed by atoms with E-state index >= 15 is 0 Å². The second kappa shape index (κ2) is 6.97. The number of fused-ring (bicyclic) bond motifs is 3. The summed E-state index contributed by atoms with van der Waals surface area (Å²) in [5, 5.41) is 12.5. The van der Waals surface area contributed by atoms with E-state index in [1.807, 2.05) is 19.1 Å². The molecule has 3 heteroatoms. The molecule has 0 aromatic heterocycles. The van der Waals surface area contributed by atoms with Crippen LogP contribution in [-0.4, -0.2) is 23.7 Å². The van der Waals surface area contributed by atoms with E-state index in [-0.39, 0.29) is 12.0 Å². The molecule has 0 saturated heterocycles. The van der Waals surface area contributed by atoms with Gasteiger partial charge in [-0.1, -0.05) is 37.3 Å². The summed E-state index contributed by atoms with van der Waals surface area (Å²) in [6, 6.07) is 14.4. The fraction of sp³-hybridized carbons (Fsp3) is 0.350. The smallest absolute Gasteiger partial charge is 0.251 e. The second-order valence-electron chi connectivity index (χ2n) is 6.17. The lowest BCUT2D eigenvalue weighted by molar-refractivity contribution is 0.0948. The van der Waals surface area contributed by atoms with Crippen LogP contribution in [0.5, 0.6) is 0 Å². The number of carbonyl (C=O) groups excluding carboxylic acids is 1. The number of rotatable bonds is 6. The summed E-state index contributed by atoms with van der Waals surface area (Å²) in [6.07, 6.45) is 2.94. The number of amides is 1. The van der Waals surface area contributed by atoms with Crippen LogP contribution in [-0.2, 0) is 6.42 Å². The summed E-state index contributed by atoms with van der Waals surface area (Å²) in [4.78, 5) is 12.3. The van der Waals surface area contributed by atoms with Crippen molar-refractivity contribution < 1.29 is 9.90 Å². The first-order valence-corrected chi connectivity index (χ1v) is 8.36. The van der Waals surface area contributed by atoms with Crippen molar-refractivity contribution in [1.29, 1.82) is 0 Å². The molecule has 3 nitrogen and oxygen atoms in total. The van der Waals surface area contributed by atoms with Crippen molar-refractivity contribution in [2.45, 2.75) is 38.7 Å². The molecular weight excluding hydrogens is 286 g/mol. The third-order valence-electron chi connectivity index (χ3n) is 4.53. The molecule has 1 aliphatic rings. The first-order valence-electron chi connectivity index (χ1n) is 8.36. The molecule has 0 spiro atoms. The van der Waals surface area contributed by atoms with Crippen molar-refractivity contribution >= 4 is 5.91 Å². The van der Waals surface area contributed by atoms with Gasteiger partial charge in [-0.2, -0.15) is 0 Å². The van der Waals surface area contributed by atoms with Crippen molar-refractivity contribution in [2.24, 2.45) is 0 Å². The third-order valence-corrected chi connectivity index (χ3v) is 4.53. The van der Waals surface area contributed by atoms with E-state index in [0.29, 0.717) is 12.1 Å². The number of aliphatic hydroxyl groups excluding tert-OH is 1. The highest BCUT2D eigenvalue weighted by molar-refractivity contribution is 5.95. The maximum absolute atomic E-state index is 12.3. The lowest BCUT2D eigenvalue weighted by Gasteiger charge is -2.09. The van der Waals surface area contributed by atoms with Gasteiger partial charge in [-0.3, -0.25) is 4.79 Å². The molecule has 120 valence electrons. The largest absolute Gasteiger partial charge is 0.393 e. The number of hydrogen-bond donors (Lipinski definition) is 2. The predicted octanol–water partition coefficient (Wildman–Crippen LogP) is 3.54. The Kier molecular flexibility index (Phi) is 4.77. The van der Waals surface area contributed by atoms with Gasteiger partial charge in [-0.05, 0) is 60.1 Å². The Balaban J connectivity index is 1.62. The Morgan fingerprint density at radius 1 is 1.17 bits per heavy atom. The fourth-order valence-electron chi connectivity index (χ4n) is 3.13. The molecule has 2 N–H and O–H groups in total. The molecule has 2 aromatic carbocycles. The van der Waals surface area contributed by atoms with E-state index < -0.39 is 0 Å². The van der Waals surface area contributed by atoms with Crippen molar-refractivity contribution in [3.05, 3.63) is 59.2 Å². The van der Waals surface area contributed by atoms with Crippen LogP contribution in [0.1, 0.15) is 47.7 Å². The summed E-state index contributed by atoms with van der Waals surface area (Å²) in [7, 11) is 0. The monoisotopic (exact) mass is 309 g/mol. The third kappa shape index (κ3) is 3.45. The van der Waals surface area contributed by atoms with E-state index in [9.17, 15) is 9.90 Å². The Morgan fingerprint density at radius 3 is 2.78 bits per heavy atom. The Labute approximate surface area is 137 Å². The van der Waals surface area contributed by atoms with Crippen molar-refractivity contribution in [2.75, 3.05) is 6.54 Å². The van der Waals surface area contributed by atoms with Gasteiger partial charge >= 0.3 is 0 Å². The van der Waals surface area contributed by atoms with Gasteiger partial charge in [0.15, 0.2) is 0 Å². The van der Waals surface area contributed by atoms with E-state index in [0.717, 1.165) is 25.7 Å². The lowest BCUT2D eigenvalue weighted by atomic mass is 10.0. The predicted molar refractivity (Wildman–Crippen MR) is 92.5 cm³/mol. The van der Waals surface area contributed by atoms with Crippen LogP contribution in [0.4, 0.5) is 0 Å². The lowest BCUT2D eigenvalue weighted by Crippen LogP contribution is -2.25. The molecule has 0 radical (unpaired) electrons. The molecule has 1 unspecified atom stereocenters. The van der Waals surface area contributed by atoms with Gasteiger partial charge in [0.05, 0.1) is 6.10 Å². The van der Waals surface area contributed by atoms with Crippen LogP contribution in [0.2, 0.25) is 0 Å². The molecule has 0 bridgehead atoms. The first-order chi connectivity index (χ1) is 11.2. The molecule has 0 fully saturated rings. The average Bonchev–Trinajstić information content (AvgIpc) is 2.95. The number of aliphatic hydroxyl groups is 1. The average molecular weight is 309 g/mol. The SMILES string of the molecule is CCC(O)CCCNC(=O)c1ccc2c(c1)Cc1ccccc1-2. The minimum absolute atomic E-state index is 0.0326. The summed E-state index contributed by atoms with van der Waals surface area (Å²) in [5.41, 5.74) is 5.78. The van der Waals surface area contributed by atoms with E-state index in [4.69, 9.17) is 0 Å². The van der Waals surface area contributed by atoms with Crippen LogP contribution in [0.3, 0.4) is 0 Å². The highest BCUT2D eigenvalue weighted by Crippen LogP contribution is 2.36. The molecule has 1 aliphatic carbocycles. The topological polar surface area (TPSA) is 49.3 Å². The second-order valence-corrected chi connectivity index (χ2v) is 6.17. The summed E-state index contributed by atoms with van der Waals surface area (Å²) >= 11 is 0. The fourth-order valence-corrected chi connectivity index (χ4v) is 3.13. The van der Waals surface area contributed by atoms with Crippen molar-refractivity contribution in [3.63, 3.8) is 0 Å². The summed E-state index contributed by atoms with van der Waals surface area (Å²) in [5.74, 6) is -0.0326.